The van der Waals surface area contributed by atoms with E-state index in [0.717, 1.165) is 0 Å². The summed E-state index contributed by atoms with van der Waals surface area (Å²) in [5.41, 5.74) is 0.329. The van der Waals surface area contributed by atoms with Gasteiger partial charge in [-0.15, -0.1) is 11.8 Å². The molecule has 0 spiro atoms. The molecule has 2 heterocycles. The molecule has 0 saturated carbocycles. The van der Waals surface area contributed by atoms with E-state index >= 15 is 0 Å². The number of piperazine rings is 1. The Bertz CT molecular complexity index is 872. The summed E-state index contributed by atoms with van der Waals surface area (Å²) in [5.74, 6) is -0.425. The summed E-state index contributed by atoms with van der Waals surface area (Å²) in [7, 11) is 0. The summed E-state index contributed by atoms with van der Waals surface area (Å²) < 4.78 is 26.3. The number of anilines is 2. The zero-order valence-corrected chi connectivity index (χ0v) is 20.4. The van der Waals surface area contributed by atoms with Crippen LogP contribution in [0, 0.1) is 5.82 Å². The van der Waals surface area contributed by atoms with Crippen LogP contribution < -0.4 is 15.1 Å². The normalized spacial score (nSPS) is 19.1. The molecule has 8 nitrogen and oxygen atoms in total. The molecule has 176 valence electrons. The van der Waals surface area contributed by atoms with Crippen LogP contribution in [0.5, 0.6) is 0 Å². The summed E-state index contributed by atoms with van der Waals surface area (Å²) in [4.78, 5) is 29.4. The Balaban J connectivity index is 1.58. The maximum absolute atomic E-state index is 14.9. The first-order valence-electron chi connectivity index (χ1n) is 10.4. The molecule has 2 saturated heterocycles. The van der Waals surface area contributed by atoms with E-state index < -0.39 is 17.5 Å². The highest BCUT2D eigenvalue weighted by Gasteiger charge is 2.33. The van der Waals surface area contributed by atoms with E-state index in [4.69, 9.17) is 21.7 Å². The average Bonchev–Trinajstić information content (AvgIpc) is 3.11. The Hall–Kier alpha value is -2.27. The van der Waals surface area contributed by atoms with Crippen LogP contribution in [0.1, 0.15) is 20.8 Å². The largest absolute Gasteiger partial charge is 0.444 e. The number of amides is 2. The van der Waals surface area contributed by atoms with Gasteiger partial charge in [0, 0.05) is 26.2 Å². The second kappa shape index (κ2) is 10.1. The minimum atomic E-state index is -0.553. The third-order valence-corrected chi connectivity index (χ3v) is 6.21. The molecule has 11 heteroatoms. The lowest BCUT2D eigenvalue weighted by Crippen LogP contribution is -2.50. The van der Waals surface area contributed by atoms with Crippen LogP contribution in [-0.2, 0) is 9.47 Å². The molecule has 0 aromatic heterocycles. The van der Waals surface area contributed by atoms with Gasteiger partial charge < -0.3 is 24.6 Å². The van der Waals surface area contributed by atoms with Crippen molar-refractivity contribution in [2.24, 2.45) is 0 Å². The molecule has 1 atom stereocenters. The van der Waals surface area contributed by atoms with Gasteiger partial charge >= 0.3 is 12.2 Å². The maximum Gasteiger partial charge on any atom is 0.414 e. The smallest absolute Gasteiger partial charge is 0.414 e. The number of hydrogen-bond donors (Lipinski definition) is 1. The molecule has 32 heavy (non-hydrogen) atoms. The van der Waals surface area contributed by atoms with E-state index in [1.807, 2.05) is 31.9 Å². The minimum Gasteiger partial charge on any atom is -0.444 e. The second-order valence-corrected chi connectivity index (χ2v) is 10.1. The van der Waals surface area contributed by atoms with Crippen LogP contribution in [0.15, 0.2) is 18.2 Å². The summed E-state index contributed by atoms with van der Waals surface area (Å²) in [6.07, 6.45) is 0.633. The fourth-order valence-electron chi connectivity index (χ4n) is 3.48. The van der Waals surface area contributed by atoms with Gasteiger partial charge in [-0.2, -0.15) is 0 Å². The Morgan fingerprint density at radius 2 is 2.00 bits per heavy atom. The molecule has 2 aliphatic rings. The summed E-state index contributed by atoms with van der Waals surface area (Å²) in [6.45, 7) is 8.07. The number of ether oxygens (including phenoxy) is 2. The molecular weight excluding hydrogens is 455 g/mol. The standard InChI is InChI=1S/C21H29FN4O4S2/c1-21(2,3)30-19(27)25-9-7-24(8-10-25)17-6-5-14(11-16(17)22)26-13-15(29-20(26)28)12-23-18(31)32-4/h5-6,11,15H,7-10,12-13H2,1-4H3,(H,23,31)/t15-/m0/s1. The molecule has 0 unspecified atom stereocenters. The quantitative estimate of drug-likeness (QED) is 0.652. The van der Waals surface area contributed by atoms with Gasteiger partial charge in [0.2, 0.25) is 0 Å². The minimum absolute atomic E-state index is 0.316. The number of benzene rings is 1. The number of cyclic esters (lactones) is 1. The monoisotopic (exact) mass is 484 g/mol. The van der Waals surface area contributed by atoms with Crippen molar-refractivity contribution in [1.82, 2.24) is 10.2 Å². The van der Waals surface area contributed by atoms with Gasteiger partial charge in [0.15, 0.2) is 0 Å². The van der Waals surface area contributed by atoms with Crippen LogP contribution in [-0.4, -0.2) is 78.6 Å². The van der Waals surface area contributed by atoms with Crippen molar-refractivity contribution in [2.75, 3.05) is 55.3 Å². The number of rotatable bonds is 4. The van der Waals surface area contributed by atoms with Crippen molar-refractivity contribution in [3.8, 4) is 0 Å². The molecule has 1 N–H and O–H groups in total. The zero-order chi connectivity index (χ0) is 23.5. The fraction of sp³-hybridized carbons (Fsp3) is 0.571. The molecule has 1 aromatic rings. The number of thiocarbonyl (C=S) groups is 1. The lowest BCUT2D eigenvalue weighted by molar-refractivity contribution is 0.0240. The van der Waals surface area contributed by atoms with E-state index in [9.17, 15) is 14.0 Å². The van der Waals surface area contributed by atoms with Gasteiger partial charge in [0.1, 0.15) is 21.8 Å². The molecule has 2 fully saturated rings. The Morgan fingerprint density at radius 3 is 2.59 bits per heavy atom. The highest BCUT2D eigenvalue weighted by molar-refractivity contribution is 8.22. The number of thioether (sulfide) groups is 1. The van der Waals surface area contributed by atoms with Crippen molar-refractivity contribution in [2.45, 2.75) is 32.5 Å². The Kier molecular flexibility index (Phi) is 7.71. The van der Waals surface area contributed by atoms with Gasteiger partial charge in [-0.05, 0) is 45.2 Å². The number of hydrogen-bond acceptors (Lipinski definition) is 7. The van der Waals surface area contributed by atoms with Gasteiger partial charge in [0.25, 0.3) is 0 Å². The summed E-state index contributed by atoms with van der Waals surface area (Å²) in [6, 6.07) is 4.72. The first kappa shape index (κ1) is 24.4. The predicted molar refractivity (Wildman–Crippen MR) is 128 cm³/mol. The topological polar surface area (TPSA) is 74.4 Å². The Labute approximate surface area is 197 Å². The molecular formula is C21H29FN4O4S2. The second-order valence-electron chi connectivity index (χ2n) is 8.58. The highest BCUT2D eigenvalue weighted by atomic mass is 32.2. The SMILES string of the molecule is CSC(=S)NC[C@H]1CN(c2ccc(N3CCN(C(=O)OC(C)(C)C)CC3)c(F)c2)C(=O)O1. The van der Waals surface area contributed by atoms with E-state index in [0.29, 0.717) is 55.0 Å². The lowest BCUT2D eigenvalue weighted by Gasteiger charge is -2.37. The van der Waals surface area contributed by atoms with Crippen LogP contribution in [0.2, 0.25) is 0 Å². The molecule has 3 rings (SSSR count). The van der Waals surface area contributed by atoms with Crippen LogP contribution >= 0.6 is 24.0 Å². The predicted octanol–water partition coefficient (Wildman–Crippen LogP) is 3.45. The summed E-state index contributed by atoms with van der Waals surface area (Å²) >= 11 is 6.51. The van der Waals surface area contributed by atoms with Crippen molar-refractivity contribution in [3.63, 3.8) is 0 Å². The van der Waals surface area contributed by atoms with Crippen molar-refractivity contribution >= 4 is 51.9 Å². The first-order valence-corrected chi connectivity index (χ1v) is 12.0. The van der Waals surface area contributed by atoms with E-state index in [1.54, 1.807) is 17.0 Å². The third kappa shape index (κ3) is 6.16. The Morgan fingerprint density at radius 1 is 1.31 bits per heavy atom. The van der Waals surface area contributed by atoms with Crippen molar-refractivity contribution in [3.05, 3.63) is 24.0 Å². The van der Waals surface area contributed by atoms with Crippen molar-refractivity contribution in [1.29, 1.82) is 0 Å². The molecule has 0 bridgehead atoms. The third-order valence-electron chi connectivity index (χ3n) is 5.05. The maximum atomic E-state index is 14.9. The van der Waals surface area contributed by atoms with Gasteiger partial charge in [0.05, 0.1) is 24.5 Å². The van der Waals surface area contributed by atoms with Crippen LogP contribution in [0.25, 0.3) is 0 Å². The first-order chi connectivity index (χ1) is 15.1. The number of carbonyl (C=O) groups excluding carboxylic acids is 2. The highest BCUT2D eigenvalue weighted by Crippen LogP contribution is 2.28. The molecule has 2 aliphatic heterocycles. The van der Waals surface area contributed by atoms with E-state index in [-0.39, 0.29) is 12.2 Å². The number of halogens is 1. The van der Waals surface area contributed by atoms with Gasteiger partial charge in [-0.25, -0.2) is 14.0 Å². The number of nitrogens with zero attached hydrogens (tertiary/aromatic N) is 3. The van der Waals surface area contributed by atoms with Gasteiger partial charge in [-0.1, -0.05) is 12.2 Å². The zero-order valence-electron chi connectivity index (χ0n) is 18.7. The number of carbonyl (C=O) groups is 2. The molecule has 0 radical (unpaired) electrons. The van der Waals surface area contributed by atoms with Crippen LogP contribution in [0.3, 0.4) is 0 Å². The number of nitrogens with one attached hydrogen (secondary N) is 1. The van der Waals surface area contributed by atoms with Crippen LogP contribution in [0.4, 0.5) is 25.4 Å². The van der Waals surface area contributed by atoms with E-state index in [1.165, 1.54) is 22.7 Å². The average molecular weight is 485 g/mol. The van der Waals surface area contributed by atoms with E-state index in [2.05, 4.69) is 5.32 Å². The molecule has 1 aromatic carbocycles. The lowest BCUT2D eigenvalue weighted by atomic mass is 10.2. The van der Waals surface area contributed by atoms with Gasteiger partial charge in [-0.3, -0.25) is 4.90 Å². The molecule has 0 aliphatic carbocycles. The fourth-order valence-corrected chi connectivity index (χ4v) is 3.80. The summed E-state index contributed by atoms with van der Waals surface area (Å²) in [5, 5.41) is 3.03. The van der Waals surface area contributed by atoms with Crippen molar-refractivity contribution < 1.29 is 23.5 Å². The molecule has 2 amide bonds.